The topological polar surface area (TPSA) is 75.3 Å². The predicted octanol–water partition coefficient (Wildman–Crippen LogP) is 2.60. The number of anilines is 1. The molecule has 0 spiro atoms. The van der Waals surface area contributed by atoms with Gasteiger partial charge in [-0.2, -0.15) is 13.2 Å². The van der Waals surface area contributed by atoms with Crippen LogP contribution >= 0.6 is 0 Å². The maximum Gasteiger partial charge on any atom is 0.416 e. The summed E-state index contributed by atoms with van der Waals surface area (Å²) < 4.78 is 64.2. The van der Waals surface area contributed by atoms with E-state index in [1.807, 2.05) is 4.72 Å². The molecule has 0 atom stereocenters. The molecule has 0 aliphatic heterocycles. The molecule has 2 aromatic carbocycles. The number of nitrogens with one attached hydrogen (secondary N) is 2. The first-order valence-corrected chi connectivity index (χ1v) is 8.63. The van der Waals surface area contributed by atoms with Crippen LogP contribution in [0.3, 0.4) is 0 Å². The van der Waals surface area contributed by atoms with E-state index in [0.717, 1.165) is 18.2 Å². The number of hydrogen-bond acceptors (Lipinski definition) is 3. The molecular weight excluding hydrogens is 369 g/mol. The zero-order valence-electron chi connectivity index (χ0n) is 13.2. The summed E-state index contributed by atoms with van der Waals surface area (Å²) >= 11 is 0. The first-order valence-electron chi connectivity index (χ1n) is 7.15. The number of carbonyl (C=O) groups is 1. The summed E-state index contributed by atoms with van der Waals surface area (Å²) in [4.78, 5) is 11.3. The van der Waals surface area contributed by atoms with Gasteiger partial charge in [0, 0.05) is 11.3 Å². The van der Waals surface area contributed by atoms with Crippen molar-refractivity contribution in [2.24, 2.45) is 0 Å². The van der Waals surface area contributed by atoms with Gasteiger partial charge in [0.1, 0.15) is 0 Å². The number of sulfonamides is 1. The van der Waals surface area contributed by atoms with Crippen molar-refractivity contribution in [3.05, 3.63) is 59.7 Å². The normalized spacial score (nSPS) is 11.6. The van der Waals surface area contributed by atoms with Crippen LogP contribution in [0.1, 0.15) is 11.1 Å². The van der Waals surface area contributed by atoms with Gasteiger partial charge in [0.2, 0.25) is 15.9 Å². The first-order chi connectivity index (χ1) is 12.1. The van der Waals surface area contributed by atoms with Crippen LogP contribution in [0, 0.1) is 12.3 Å². The van der Waals surface area contributed by atoms with E-state index < -0.39 is 39.1 Å². The minimum absolute atomic E-state index is 0.365. The van der Waals surface area contributed by atoms with Crippen molar-refractivity contribution >= 4 is 21.6 Å². The van der Waals surface area contributed by atoms with E-state index in [9.17, 15) is 26.4 Å². The van der Waals surface area contributed by atoms with E-state index in [0.29, 0.717) is 17.3 Å². The summed E-state index contributed by atoms with van der Waals surface area (Å²) in [6.45, 7) is -0.654. The summed E-state index contributed by atoms with van der Waals surface area (Å²) in [7, 11) is -4.29. The lowest BCUT2D eigenvalue weighted by molar-refractivity contribution is -0.137. The fourth-order valence-electron chi connectivity index (χ4n) is 1.98. The number of halogens is 3. The number of benzene rings is 2. The summed E-state index contributed by atoms with van der Waals surface area (Å²) in [5.41, 5.74) is -0.216. The highest BCUT2D eigenvalue weighted by Crippen LogP contribution is 2.30. The number of hydrogen-bond donors (Lipinski definition) is 2. The Morgan fingerprint density at radius 3 is 2.46 bits per heavy atom. The average Bonchev–Trinajstić information content (AvgIpc) is 2.60. The molecule has 5 nitrogen and oxygen atoms in total. The molecule has 0 saturated heterocycles. The molecule has 0 fully saturated rings. The lowest BCUT2D eigenvalue weighted by Crippen LogP contribution is -2.33. The van der Waals surface area contributed by atoms with Crippen molar-refractivity contribution in [3.8, 4) is 12.3 Å². The zero-order valence-corrected chi connectivity index (χ0v) is 14.0. The van der Waals surface area contributed by atoms with Gasteiger partial charge in [0.25, 0.3) is 0 Å². The van der Waals surface area contributed by atoms with Gasteiger partial charge in [-0.3, -0.25) is 4.79 Å². The molecule has 0 unspecified atom stereocenters. The summed E-state index contributed by atoms with van der Waals surface area (Å²) in [6.07, 6.45) is 0.562. The van der Waals surface area contributed by atoms with Crippen LogP contribution in [-0.4, -0.2) is 20.9 Å². The number of carbonyl (C=O) groups excluding carboxylic acids is 1. The molecule has 2 rings (SSSR count). The molecule has 0 aliphatic rings. The molecule has 9 heteroatoms. The molecule has 0 radical (unpaired) electrons. The fraction of sp³-hybridized carbons (Fsp3) is 0.118. The van der Waals surface area contributed by atoms with E-state index in [1.165, 1.54) is 6.07 Å². The monoisotopic (exact) mass is 382 g/mol. The van der Waals surface area contributed by atoms with E-state index in [-0.39, 0.29) is 0 Å². The lowest BCUT2D eigenvalue weighted by Gasteiger charge is -2.10. The van der Waals surface area contributed by atoms with Crippen molar-refractivity contribution in [1.82, 2.24) is 4.72 Å². The van der Waals surface area contributed by atoms with Gasteiger partial charge in [-0.1, -0.05) is 18.1 Å². The second-order valence-electron chi connectivity index (χ2n) is 5.12. The maximum atomic E-state index is 12.7. The standard InChI is InChI=1S/C17H13F3N2O3S/c1-2-12-5-3-7-14(9-12)22-16(23)11-21-26(24,25)15-8-4-6-13(10-15)17(18,19)20/h1,3-10,21H,11H2,(H,22,23). The molecule has 0 aromatic heterocycles. The van der Waals surface area contributed by atoms with Crippen molar-refractivity contribution in [2.45, 2.75) is 11.1 Å². The minimum Gasteiger partial charge on any atom is -0.325 e. The van der Waals surface area contributed by atoms with Crippen LogP contribution in [0.2, 0.25) is 0 Å². The van der Waals surface area contributed by atoms with Crippen LogP contribution in [0.25, 0.3) is 0 Å². The second kappa shape index (κ2) is 7.59. The Morgan fingerprint density at radius 2 is 1.81 bits per heavy atom. The average molecular weight is 382 g/mol. The smallest absolute Gasteiger partial charge is 0.325 e. The molecular formula is C17H13F3N2O3S. The highest BCUT2D eigenvalue weighted by molar-refractivity contribution is 7.89. The molecule has 1 amide bonds. The van der Waals surface area contributed by atoms with Crippen molar-refractivity contribution in [2.75, 3.05) is 11.9 Å². The summed E-state index contributed by atoms with van der Waals surface area (Å²) in [5, 5.41) is 2.43. The van der Waals surface area contributed by atoms with Gasteiger partial charge in [-0.15, -0.1) is 6.42 Å². The molecule has 0 heterocycles. The molecule has 26 heavy (non-hydrogen) atoms. The third kappa shape index (κ3) is 5.08. The third-order valence-corrected chi connectivity index (χ3v) is 4.61. The van der Waals surface area contributed by atoms with Crippen molar-refractivity contribution in [3.63, 3.8) is 0 Å². The Morgan fingerprint density at radius 1 is 1.12 bits per heavy atom. The molecule has 2 aromatic rings. The van der Waals surface area contributed by atoms with Gasteiger partial charge >= 0.3 is 6.18 Å². The number of amides is 1. The van der Waals surface area contributed by atoms with Gasteiger partial charge < -0.3 is 5.32 Å². The Bertz CT molecular complexity index is 964. The lowest BCUT2D eigenvalue weighted by atomic mass is 10.2. The highest BCUT2D eigenvalue weighted by Gasteiger charge is 2.31. The van der Waals surface area contributed by atoms with E-state index in [2.05, 4.69) is 11.2 Å². The summed E-state index contributed by atoms with van der Waals surface area (Å²) in [5.74, 6) is 1.68. The number of alkyl halides is 3. The third-order valence-electron chi connectivity index (χ3n) is 3.21. The quantitative estimate of drug-likeness (QED) is 0.781. The largest absolute Gasteiger partial charge is 0.416 e. The SMILES string of the molecule is C#Cc1cccc(NC(=O)CNS(=O)(=O)c2cccc(C(F)(F)F)c2)c1. The number of rotatable bonds is 5. The van der Waals surface area contributed by atoms with Crippen molar-refractivity contribution in [1.29, 1.82) is 0 Å². The van der Waals surface area contributed by atoms with Crippen LogP contribution < -0.4 is 10.0 Å². The van der Waals surface area contributed by atoms with Gasteiger partial charge in [0.15, 0.2) is 0 Å². The predicted molar refractivity (Wildman–Crippen MR) is 89.6 cm³/mol. The Balaban J connectivity index is 2.06. The van der Waals surface area contributed by atoms with Gasteiger partial charge in [-0.25, -0.2) is 13.1 Å². The van der Waals surface area contributed by atoms with Gasteiger partial charge in [0.05, 0.1) is 17.0 Å². The highest BCUT2D eigenvalue weighted by atomic mass is 32.2. The second-order valence-corrected chi connectivity index (χ2v) is 6.89. The first kappa shape index (κ1) is 19.5. The Hall–Kier alpha value is -2.83. The van der Waals surface area contributed by atoms with Crippen LogP contribution in [0.15, 0.2) is 53.4 Å². The van der Waals surface area contributed by atoms with Crippen LogP contribution in [0.4, 0.5) is 18.9 Å². The molecule has 136 valence electrons. The van der Waals surface area contributed by atoms with Crippen LogP contribution in [0.5, 0.6) is 0 Å². The van der Waals surface area contributed by atoms with E-state index in [4.69, 9.17) is 6.42 Å². The van der Waals surface area contributed by atoms with E-state index in [1.54, 1.807) is 18.2 Å². The fourth-order valence-corrected chi connectivity index (χ4v) is 3.00. The van der Waals surface area contributed by atoms with Gasteiger partial charge in [-0.05, 0) is 36.4 Å². The van der Waals surface area contributed by atoms with E-state index >= 15 is 0 Å². The van der Waals surface area contributed by atoms with Crippen molar-refractivity contribution < 1.29 is 26.4 Å². The molecule has 0 aliphatic carbocycles. The molecule has 2 N–H and O–H groups in total. The Labute approximate surface area is 148 Å². The molecule has 0 saturated carbocycles. The van der Waals surface area contributed by atoms with Crippen LogP contribution in [-0.2, 0) is 21.0 Å². The number of terminal acetylenes is 1. The maximum absolute atomic E-state index is 12.7. The summed E-state index contributed by atoms with van der Waals surface area (Å²) in [6, 6.07) is 9.55. The Kier molecular flexibility index (Phi) is 5.69. The minimum atomic E-state index is -4.68. The zero-order chi connectivity index (χ0) is 19.4. The molecule has 0 bridgehead atoms.